The van der Waals surface area contributed by atoms with Crippen LogP contribution in [0.15, 0.2) is 11.6 Å². The summed E-state index contributed by atoms with van der Waals surface area (Å²) >= 11 is 0. The minimum atomic E-state index is -0.308. The van der Waals surface area contributed by atoms with Crippen molar-refractivity contribution in [3.05, 3.63) is 11.6 Å². The molecule has 1 unspecified atom stereocenters. The number of nitriles is 1. The number of nitrogens with zero attached hydrogens (tertiary/aromatic N) is 1. The van der Waals surface area contributed by atoms with E-state index in [0.29, 0.717) is 0 Å². The predicted octanol–water partition coefficient (Wildman–Crippen LogP) is 1.23. The van der Waals surface area contributed by atoms with Crippen molar-refractivity contribution in [1.29, 1.82) is 5.26 Å². The first-order valence-corrected chi connectivity index (χ1v) is 3.99. The normalized spacial score (nSPS) is 13.3. The Kier molecular flexibility index (Phi) is 4.78. The number of nitrogens with one attached hydrogen (secondary N) is 1. The lowest BCUT2D eigenvalue weighted by Gasteiger charge is -2.01. The summed E-state index contributed by atoms with van der Waals surface area (Å²) in [5.41, 5.74) is 0.201. The Balaban J connectivity index is 4.46. The van der Waals surface area contributed by atoms with Gasteiger partial charge in [-0.2, -0.15) is 5.26 Å². The van der Waals surface area contributed by atoms with E-state index in [9.17, 15) is 4.79 Å². The van der Waals surface area contributed by atoms with Crippen molar-refractivity contribution in [3.8, 4) is 6.07 Å². The summed E-state index contributed by atoms with van der Waals surface area (Å²) in [5.74, 6) is -0.0326. The summed E-state index contributed by atoms with van der Waals surface area (Å²) in [6.07, 6.45) is 2.63. The van der Waals surface area contributed by atoms with Gasteiger partial charge < -0.3 is 5.32 Å². The zero-order chi connectivity index (χ0) is 9.56. The van der Waals surface area contributed by atoms with Crippen molar-refractivity contribution in [1.82, 2.24) is 5.32 Å². The van der Waals surface area contributed by atoms with Gasteiger partial charge in [-0.05, 0) is 5.92 Å². The van der Waals surface area contributed by atoms with Crippen molar-refractivity contribution in [3.63, 3.8) is 0 Å². The second-order valence-corrected chi connectivity index (χ2v) is 2.66. The summed E-state index contributed by atoms with van der Waals surface area (Å²) in [5, 5.41) is 11.0. The summed E-state index contributed by atoms with van der Waals surface area (Å²) in [6, 6.07) is 1.87. The van der Waals surface area contributed by atoms with Crippen LogP contribution in [-0.4, -0.2) is 13.0 Å². The number of amides is 1. The van der Waals surface area contributed by atoms with Gasteiger partial charge in [0.05, 0.1) is 0 Å². The molecule has 0 aliphatic rings. The van der Waals surface area contributed by atoms with Crippen LogP contribution in [-0.2, 0) is 4.79 Å². The largest absolute Gasteiger partial charge is 0.354 e. The molecule has 0 radical (unpaired) electrons. The highest BCUT2D eigenvalue weighted by atomic mass is 16.1. The Bertz CT molecular complexity index is 225. The molecule has 0 aromatic rings. The number of likely N-dealkylation sites (N-methyl/N-ethyl adjacent to an activating group) is 1. The number of carbonyl (C=O) groups is 1. The molecule has 0 rings (SSSR count). The SMILES string of the molecule is CCC(C)/C=C(/C#N)C(=O)NC. The summed E-state index contributed by atoms with van der Waals surface area (Å²) in [6.45, 7) is 3.99. The van der Waals surface area contributed by atoms with E-state index in [4.69, 9.17) is 5.26 Å². The van der Waals surface area contributed by atoms with Gasteiger partial charge in [0, 0.05) is 7.05 Å². The second-order valence-electron chi connectivity index (χ2n) is 2.66. The van der Waals surface area contributed by atoms with E-state index < -0.39 is 0 Å². The monoisotopic (exact) mass is 166 g/mol. The molecule has 3 nitrogen and oxygen atoms in total. The highest BCUT2D eigenvalue weighted by Gasteiger charge is 2.06. The fraction of sp³-hybridized carbons (Fsp3) is 0.556. The lowest BCUT2D eigenvalue weighted by molar-refractivity contribution is -0.116. The minimum Gasteiger partial charge on any atom is -0.354 e. The number of allylic oxidation sites excluding steroid dienone is 1. The first-order valence-electron chi connectivity index (χ1n) is 3.99. The second kappa shape index (κ2) is 5.36. The van der Waals surface area contributed by atoms with Crippen molar-refractivity contribution in [2.75, 3.05) is 7.05 Å². The lowest BCUT2D eigenvalue weighted by atomic mass is 10.1. The molecule has 0 aromatic carbocycles. The van der Waals surface area contributed by atoms with Gasteiger partial charge in [-0.3, -0.25) is 4.79 Å². The average Bonchev–Trinajstić information content (AvgIpc) is 2.12. The molecule has 0 bridgehead atoms. The fourth-order valence-corrected chi connectivity index (χ4v) is 0.701. The molecule has 0 fully saturated rings. The summed E-state index contributed by atoms with van der Waals surface area (Å²) in [4.78, 5) is 11.0. The van der Waals surface area contributed by atoms with Crippen molar-refractivity contribution >= 4 is 5.91 Å². The van der Waals surface area contributed by atoms with E-state index >= 15 is 0 Å². The molecule has 0 saturated heterocycles. The third kappa shape index (κ3) is 3.20. The maximum absolute atomic E-state index is 11.0. The average molecular weight is 166 g/mol. The van der Waals surface area contributed by atoms with E-state index in [2.05, 4.69) is 5.32 Å². The number of carbonyl (C=O) groups excluding carboxylic acids is 1. The van der Waals surface area contributed by atoms with Gasteiger partial charge in [0.15, 0.2) is 0 Å². The van der Waals surface area contributed by atoms with Crippen LogP contribution in [0.3, 0.4) is 0 Å². The molecule has 1 N–H and O–H groups in total. The molecule has 0 heterocycles. The van der Waals surface area contributed by atoms with Crippen LogP contribution in [0, 0.1) is 17.2 Å². The summed E-state index contributed by atoms with van der Waals surface area (Å²) in [7, 11) is 1.52. The number of hydrogen-bond acceptors (Lipinski definition) is 2. The number of hydrogen-bond donors (Lipinski definition) is 1. The quantitative estimate of drug-likeness (QED) is 0.506. The van der Waals surface area contributed by atoms with Gasteiger partial charge >= 0.3 is 0 Å². The van der Waals surface area contributed by atoms with Gasteiger partial charge in [0.25, 0.3) is 5.91 Å². The highest BCUT2D eigenvalue weighted by molar-refractivity contribution is 5.96. The molecular formula is C9H14N2O. The Morgan fingerprint density at radius 3 is 2.67 bits per heavy atom. The maximum Gasteiger partial charge on any atom is 0.261 e. The van der Waals surface area contributed by atoms with Gasteiger partial charge in [-0.15, -0.1) is 0 Å². The topological polar surface area (TPSA) is 52.9 Å². The van der Waals surface area contributed by atoms with E-state index in [1.54, 1.807) is 6.08 Å². The maximum atomic E-state index is 11.0. The van der Waals surface area contributed by atoms with E-state index in [-0.39, 0.29) is 17.4 Å². The Labute approximate surface area is 73.1 Å². The van der Waals surface area contributed by atoms with Crippen LogP contribution in [0.2, 0.25) is 0 Å². The fourth-order valence-electron chi connectivity index (χ4n) is 0.701. The first kappa shape index (κ1) is 10.7. The molecule has 1 amide bonds. The van der Waals surface area contributed by atoms with Crippen molar-refractivity contribution in [2.45, 2.75) is 20.3 Å². The third-order valence-electron chi connectivity index (χ3n) is 1.69. The van der Waals surface area contributed by atoms with E-state index in [1.165, 1.54) is 7.05 Å². The minimum absolute atomic E-state index is 0.201. The van der Waals surface area contributed by atoms with Crippen LogP contribution in [0.1, 0.15) is 20.3 Å². The Hall–Kier alpha value is -1.30. The van der Waals surface area contributed by atoms with Gasteiger partial charge in [-0.1, -0.05) is 26.3 Å². The van der Waals surface area contributed by atoms with Gasteiger partial charge in [-0.25, -0.2) is 0 Å². The molecule has 0 aliphatic carbocycles. The molecule has 0 aliphatic heterocycles. The molecule has 0 saturated carbocycles. The smallest absolute Gasteiger partial charge is 0.261 e. The molecule has 0 spiro atoms. The Morgan fingerprint density at radius 2 is 2.33 bits per heavy atom. The van der Waals surface area contributed by atoms with E-state index in [1.807, 2.05) is 19.9 Å². The van der Waals surface area contributed by atoms with Crippen LogP contribution in [0.4, 0.5) is 0 Å². The molecular weight excluding hydrogens is 152 g/mol. The zero-order valence-corrected chi connectivity index (χ0v) is 7.72. The molecule has 1 atom stereocenters. The summed E-state index contributed by atoms with van der Waals surface area (Å²) < 4.78 is 0. The van der Waals surface area contributed by atoms with Crippen LogP contribution < -0.4 is 5.32 Å². The predicted molar refractivity (Wildman–Crippen MR) is 47.2 cm³/mol. The highest BCUT2D eigenvalue weighted by Crippen LogP contribution is 2.06. The molecule has 0 aromatic heterocycles. The van der Waals surface area contributed by atoms with Gasteiger partial charge in [0.2, 0.25) is 0 Å². The first-order chi connectivity index (χ1) is 5.65. The van der Waals surface area contributed by atoms with E-state index in [0.717, 1.165) is 6.42 Å². The third-order valence-corrected chi connectivity index (χ3v) is 1.69. The number of rotatable bonds is 3. The molecule has 3 heteroatoms. The lowest BCUT2D eigenvalue weighted by Crippen LogP contribution is -2.19. The zero-order valence-electron chi connectivity index (χ0n) is 7.72. The molecule has 66 valence electrons. The van der Waals surface area contributed by atoms with Gasteiger partial charge in [0.1, 0.15) is 11.6 Å². The standard InChI is InChI=1S/C9H14N2O/c1-4-7(2)5-8(6-10)9(12)11-3/h5,7H,4H2,1-3H3,(H,11,12)/b8-5-. The van der Waals surface area contributed by atoms with Crippen molar-refractivity contribution < 1.29 is 4.79 Å². The van der Waals surface area contributed by atoms with Crippen molar-refractivity contribution in [2.24, 2.45) is 5.92 Å². The molecule has 12 heavy (non-hydrogen) atoms. The van der Waals surface area contributed by atoms with Crippen LogP contribution in [0.5, 0.6) is 0 Å². The van der Waals surface area contributed by atoms with Crippen LogP contribution >= 0.6 is 0 Å². The Morgan fingerprint density at radius 1 is 1.75 bits per heavy atom. The van der Waals surface area contributed by atoms with Crippen LogP contribution in [0.25, 0.3) is 0 Å².